The maximum Gasteiger partial charge on any atom is 0.250 e. The summed E-state index contributed by atoms with van der Waals surface area (Å²) < 4.78 is 28.4. The fraction of sp³-hybridized carbons (Fsp3) is 1.00. The van der Waals surface area contributed by atoms with Crippen molar-refractivity contribution in [3.63, 3.8) is 0 Å². The summed E-state index contributed by atoms with van der Waals surface area (Å²) in [5.41, 5.74) is 0. The molecular formula is C7H13F2NO. The highest BCUT2D eigenvalue weighted by molar-refractivity contribution is 4.67. The van der Waals surface area contributed by atoms with Gasteiger partial charge >= 0.3 is 0 Å². The van der Waals surface area contributed by atoms with E-state index in [9.17, 15) is 8.78 Å². The number of ether oxygens (including phenoxy) is 1. The molecule has 4 heteroatoms. The van der Waals surface area contributed by atoms with Gasteiger partial charge in [-0.05, 0) is 12.8 Å². The second-order valence-electron chi connectivity index (χ2n) is 2.68. The average molecular weight is 165 g/mol. The zero-order valence-electron chi connectivity index (χ0n) is 6.35. The van der Waals surface area contributed by atoms with Crippen LogP contribution in [0.1, 0.15) is 12.8 Å². The SMILES string of the molecule is FC(F)CNC[C@@H]1CCCO1. The highest BCUT2D eigenvalue weighted by Gasteiger charge is 2.14. The van der Waals surface area contributed by atoms with Crippen LogP contribution in [-0.2, 0) is 4.74 Å². The quantitative estimate of drug-likeness (QED) is 0.671. The number of rotatable bonds is 4. The Morgan fingerprint density at radius 2 is 2.36 bits per heavy atom. The topological polar surface area (TPSA) is 21.3 Å². The van der Waals surface area contributed by atoms with Crippen LogP contribution in [0.3, 0.4) is 0 Å². The number of halogens is 2. The lowest BCUT2D eigenvalue weighted by Crippen LogP contribution is -2.29. The molecule has 0 spiro atoms. The van der Waals surface area contributed by atoms with Crippen LogP contribution in [0.15, 0.2) is 0 Å². The Kier molecular flexibility index (Phi) is 3.72. The van der Waals surface area contributed by atoms with Crippen LogP contribution >= 0.6 is 0 Å². The zero-order valence-corrected chi connectivity index (χ0v) is 6.35. The highest BCUT2D eigenvalue weighted by atomic mass is 19.3. The van der Waals surface area contributed by atoms with Gasteiger partial charge in [0, 0.05) is 13.2 Å². The number of nitrogens with one attached hydrogen (secondary N) is 1. The van der Waals surface area contributed by atoms with Gasteiger partial charge in [-0.2, -0.15) is 0 Å². The van der Waals surface area contributed by atoms with E-state index in [0.717, 1.165) is 19.4 Å². The summed E-state index contributed by atoms with van der Waals surface area (Å²) >= 11 is 0. The summed E-state index contributed by atoms with van der Waals surface area (Å²) in [7, 11) is 0. The van der Waals surface area contributed by atoms with Gasteiger partial charge in [0.25, 0.3) is 6.43 Å². The molecule has 2 nitrogen and oxygen atoms in total. The lowest BCUT2D eigenvalue weighted by molar-refractivity contribution is 0.0986. The van der Waals surface area contributed by atoms with Crippen molar-refractivity contribution in [3.05, 3.63) is 0 Å². The fourth-order valence-corrected chi connectivity index (χ4v) is 1.16. The van der Waals surface area contributed by atoms with E-state index in [0.29, 0.717) is 6.54 Å². The van der Waals surface area contributed by atoms with Gasteiger partial charge < -0.3 is 10.1 Å². The van der Waals surface area contributed by atoms with E-state index in [1.54, 1.807) is 0 Å². The third kappa shape index (κ3) is 3.62. The maximum absolute atomic E-state index is 11.6. The molecule has 0 amide bonds. The first kappa shape index (κ1) is 8.87. The lowest BCUT2D eigenvalue weighted by atomic mass is 10.2. The average Bonchev–Trinajstić information content (AvgIpc) is 2.39. The van der Waals surface area contributed by atoms with Gasteiger partial charge in [0.15, 0.2) is 0 Å². The van der Waals surface area contributed by atoms with Crippen LogP contribution in [0.25, 0.3) is 0 Å². The summed E-state index contributed by atoms with van der Waals surface area (Å²) in [6, 6.07) is 0. The Balaban J connectivity index is 1.94. The third-order valence-electron chi connectivity index (χ3n) is 1.69. The molecule has 1 aliphatic rings. The van der Waals surface area contributed by atoms with Crippen LogP contribution in [-0.4, -0.2) is 32.2 Å². The molecule has 1 atom stereocenters. The molecule has 66 valence electrons. The van der Waals surface area contributed by atoms with E-state index in [1.807, 2.05) is 0 Å². The van der Waals surface area contributed by atoms with Crippen LogP contribution in [0.5, 0.6) is 0 Å². The third-order valence-corrected chi connectivity index (χ3v) is 1.69. The maximum atomic E-state index is 11.6. The van der Waals surface area contributed by atoms with E-state index >= 15 is 0 Å². The van der Waals surface area contributed by atoms with E-state index in [4.69, 9.17) is 4.74 Å². The standard InChI is InChI=1S/C7H13F2NO/c8-7(9)5-10-4-6-2-1-3-11-6/h6-7,10H,1-5H2/t6-/m0/s1. The summed E-state index contributed by atoms with van der Waals surface area (Å²) in [6.07, 6.45) is -0.0396. The van der Waals surface area contributed by atoms with Crippen molar-refractivity contribution in [2.45, 2.75) is 25.4 Å². The normalized spacial score (nSPS) is 24.8. The van der Waals surface area contributed by atoms with Crippen LogP contribution in [0, 0.1) is 0 Å². The molecule has 0 unspecified atom stereocenters. The summed E-state index contributed by atoms with van der Waals surface area (Å²) in [4.78, 5) is 0. The molecule has 0 aromatic carbocycles. The van der Waals surface area contributed by atoms with E-state index in [1.165, 1.54) is 0 Å². The molecule has 1 fully saturated rings. The van der Waals surface area contributed by atoms with Gasteiger partial charge in [-0.3, -0.25) is 0 Å². The smallest absolute Gasteiger partial charge is 0.250 e. The van der Waals surface area contributed by atoms with Crippen molar-refractivity contribution in [3.8, 4) is 0 Å². The molecule has 0 bridgehead atoms. The predicted octanol–water partition coefficient (Wildman–Crippen LogP) is 1.02. The molecule has 1 rings (SSSR count). The molecule has 0 saturated carbocycles. The first-order valence-corrected chi connectivity index (χ1v) is 3.89. The van der Waals surface area contributed by atoms with Crippen LogP contribution in [0.2, 0.25) is 0 Å². The zero-order chi connectivity index (χ0) is 8.10. The predicted molar refractivity (Wildman–Crippen MR) is 37.8 cm³/mol. The van der Waals surface area contributed by atoms with Crippen molar-refractivity contribution in [2.24, 2.45) is 0 Å². The summed E-state index contributed by atoms with van der Waals surface area (Å²) in [5, 5.41) is 2.65. The number of hydrogen-bond acceptors (Lipinski definition) is 2. The molecule has 11 heavy (non-hydrogen) atoms. The Bertz CT molecular complexity index is 105. The summed E-state index contributed by atoms with van der Waals surface area (Å²) in [5.74, 6) is 0. The van der Waals surface area contributed by atoms with Gasteiger partial charge in [-0.1, -0.05) is 0 Å². The van der Waals surface area contributed by atoms with Crippen molar-refractivity contribution in [1.82, 2.24) is 5.32 Å². The Morgan fingerprint density at radius 1 is 1.55 bits per heavy atom. The lowest BCUT2D eigenvalue weighted by Gasteiger charge is -2.09. The Hall–Kier alpha value is -0.220. The van der Waals surface area contributed by atoms with E-state index < -0.39 is 6.43 Å². The molecule has 1 saturated heterocycles. The number of hydrogen-bond donors (Lipinski definition) is 1. The monoisotopic (exact) mass is 165 g/mol. The minimum atomic E-state index is -2.25. The van der Waals surface area contributed by atoms with Crippen molar-refractivity contribution in [1.29, 1.82) is 0 Å². The van der Waals surface area contributed by atoms with Crippen LogP contribution < -0.4 is 5.32 Å². The molecule has 1 N–H and O–H groups in total. The first-order chi connectivity index (χ1) is 5.29. The van der Waals surface area contributed by atoms with Gasteiger partial charge in [0.2, 0.25) is 0 Å². The Labute approximate surface area is 64.9 Å². The first-order valence-electron chi connectivity index (χ1n) is 3.89. The van der Waals surface area contributed by atoms with Gasteiger partial charge in [-0.25, -0.2) is 8.78 Å². The van der Waals surface area contributed by atoms with Gasteiger partial charge in [0.1, 0.15) is 0 Å². The molecule has 0 radical (unpaired) electrons. The van der Waals surface area contributed by atoms with Gasteiger partial charge in [0.05, 0.1) is 12.6 Å². The van der Waals surface area contributed by atoms with Crippen molar-refractivity contribution in [2.75, 3.05) is 19.7 Å². The second kappa shape index (κ2) is 4.62. The minimum absolute atomic E-state index is 0.161. The fourth-order valence-electron chi connectivity index (χ4n) is 1.16. The van der Waals surface area contributed by atoms with Crippen molar-refractivity contribution >= 4 is 0 Å². The molecule has 1 aliphatic heterocycles. The van der Waals surface area contributed by atoms with E-state index in [-0.39, 0.29) is 12.6 Å². The molecule has 0 aromatic rings. The van der Waals surface area contributed by atoms with Crippen molar-refractivity contribution < 1.29 is 13.5 Å². The highest BCUT2D eigenvalue weighted by Crippen LogP contribution is 2.10. The molecule has 0 aromatic heterocycles. The molecule has 0 aliphatic carbocycles. The molecule has 1 heterocycles. The minimum Gasteiger partial charge on any atom is -0.377 e. The van der Waals surface area contributed by atoms with Gasteiger partial charge in [-0.15, -0.1) is 0 Å². The molecular weight excluding hydrogens is 152 g/mol. The largest absolute Gasteiger partial charge is 0.377 e. The number of alkyl halides is 2. The van der Waals surface area contributed by atoms with Crippen LogP contribution in [0.4, 0.5) is 8.78 Å². The Morgan fingerprint density at radius 3 is 2.91 bits per heavy atom. The van der Waals surface area contributed by atoms with E-state index in [2.05, 4.69) is 5.32 Å². The second-order valence-corrected chi connectivity index (χ2v) is 2.68. The summed E-state index contributed by atoms with van der Waals surface area (Å²) in [6.45, 7) is 1.12.